The van der Waals surface area contributed by atoms with E-state index in [1.807, 2.05) is 0 Å². The van der Waals surface area contributed by atoms with Crippen LogP contribution in [0, 0.1) is 0 Å². The number of nitrogens with one attached hydrogen (secondary N) is 2. The first kappa shape index (κ1) is 29.5. The molecule has 37 heavy (non-hydrogen) atoms. The van der Waals surface area contributed by atoms with Crippen LogP contribution in [0.4, 0.5) is 0 Å². The fraction of sp³-hybridized carbons (Fsp3) is 0.500. The Labute approximate surface area is 222 Å². The van der Waals surface area contributed by atoms with Crippen molar-refractivity contribution in [3.63, 3.8) is 0 Å². The predicted molar refractivity (Wildman–Crippen MR) is 138 cm³/mol. The van der Waals surface area contributed by atoms with Crippen molar-refractivity contribution in [2.45, 2.75) is 63.9 Å². The molecule has 1 aliphatic rings. The van der Waals surface area contributed by atoms with E-state index in [1.165, 1.54) is 13.8 Å². The van der Waals surface area contributed by atoms with Gasteiger partial charge in [0.05, 0.1) is 12.7 Å². The monoisotopic (exact) mass is 577 g/mol. The summed E-state index contributed by atoms with van der Waals surface area (Å²) in [5, 5.41) is 25.0. The number of rotatable bonds is 10. The Morgan fingerprint density at radius 3 is 2.54 bits per heavy atom. The topological polar surface area (TPSA) is 161 Å². The number of hydrogen-bond acceptors (Lipinski definition) is 10. The van der Waals surface area contributed by atoms with Crippen LogP contribution in [-0.4, -0.2) is 62.3 Å². The number of carbonyl (C=O) groups excluding carboxylic acids is 1. The van der Waals surface area contributed by atoms with Gasteiger partial charge in [0.1, 0.15) is 29.6 Å². The van der Waals surface area contributed by atoms with Gasteiger partial charge in [-0.1, -0.05) is 11.6 Å². The van der Waals surface area contributed by atoms with Gasteiger partial charge in [0.2, 0.25) is 0 Å². The molecule has 0 bridgehead atoms. The number of aliphatic hydroxyl groups excluding tert-OH is 1. The second kappa shape index (κ2) is 11.7. The number of aromatic amines is 1. The molecule has 3 rings (SSSR count). The van der Waals surface area contributed by atoms with Crippen LogP contribution in [0.1, 0.15) is 33.9 Å². The molecular formula is C22H29ClN3O9PS. The van der Waals surface area contributed by atoms with Crippen molar-refractivity contribution in [1.29, 1.82) is 0 Å². The van der Waals surface area contributed by atoms with E-state index in [2.05, 4.69) is 10.1 Å². The minimum Gasteiger partial charge on any atom is -0.462 e. The molecule has 1 fully saturated rings. The number of H-pyrrole nitrogens is 1. The maximum atomic E-state index is 12.4. The second-order valence-electron chi connectivity index (χ2n) is 8.89. The van der Waals surface area contributed by atoms with Gasteiger partial charge in [0.15, 0.2) is 6.23 Å². The van der Waals surface area contributed by atoms with Crippen LogP contribution in [0.25, 0.3) is 0 Å². The molecule has 1 saturated heterocycles. The van der Waals surface area contributed by atoms with Crippen LogP contribution < -0.4 is 20.9 Å². The molecular weight excluding hydrogens is 549 g/mol. The highest BCUT2D eigenvalue weighted by molar-refractivity contribution is 8.09. The van der Waals surface area contributed by atoms with E-state index in [1.54, 1.807) is 38.1 Å². The first-order valence-electron chi connectivity index (χ1n) is 11.3. The summed E-state index contributed by atoms with van der Waals surface area (Å²) in [4.78, 5) is 38.1. The number of halogens is 1. The van der Waals surface area contributed by atoms with Gasteiger partial charge in [-0.2, -0.15) is 0 Å². The number of aromatic nitrogens is 2. The Kier molecular flexibility index (Phi) is 9.36. The molecule has 1 aromatic heterocycles. The molecule has 2 aromatic rings. The van der Waals surface area contributed by atoms with E-state index in [0.717, 1.165) is 16.8 Å². The molecule has 2 heterocycles. The van der Waals surface area contributed by atoms with Crippen molar-refractivity contribution in [2.75, 3.05) is 6.61 Å². The molecule has 1 aliphatic heterocycles. The first-order valence-corrected chi connectivity index (χ1v) is 14.3. The normalized spacial score (nSPS) is 26.0. The Morgan fingerprint density at radius 1 is 1.30 bits per heavy atom. The van der Waals surface area contributed by atoms with E-state index >= 15 is 0 Å². The molecule has 0 radical (unpaired) electrons. The molecule has 1 aromatic carbocycles. The zero-order valence-corrected chi connectivity index (χ0v) is 23.0. The minimum absolute atomic E-state index is 0.308. The van der Waals surface area contributed by atoms with E-state index in [4.69, 9.17) is 41.9 Å². The number of ether oxygens (including phenoxy) is 2. The van der Waals surface area contributed by atoms with Gasteiger partial charge in [-0.25, -0.2) is 9.88 Å². The lowest BCUT2D eigenvalue weighted by molar-refractivity contribution is -0.149. The van der Waals surface area contributed by atoms with Gasteiger partial charge in [-0.05, 0) is 63.8 Å². The largest absolute Gasteiger partial charge is 0.462 e. The molecule has 0 amide bonds. The first-order chi connectivity index (χ1) is 17.2. The van der Waals surface area contributed by atoms with E-state index in [0.29, 0.717) is 10.8 Å². The maximum Gasteiger partial charge on any atom is 0.330 e. The fourth-order valence-electron chi connectivity index (χ4n) is 3.51. The van der Waals surface area contributed by atoms with Gasteiger partial charge in [0, 0.05) is 17.3 Å². The molecule has 4 N–H and O–H groups in total. The summed E-state index contributed by atoms with van der Waals surface area (Å²) in [5.41, 5.74) is -3.39. The molecule has 6 atom stereocenters. The molecule has 204 valence electrons. The molecule has 15 heteroatoms. The molecule has 0 spiro atoms. The van der Waals surface area contributed by atoms with Gasteiger partial charge >= 0.3 is 18.3 Å². The predicted octanol–water partition coefficient (Wildman–Crippen LogP) is 1.45. The molecule has 0 aliphatic carbocycles. The van der Waals surface area contributed by atoms with Crippen LogP contribution in [0.15, 0.2) is 46.1 Å². The van der Waals surface area contributed by atoms with Crippen LogP contribution in [-0.2, 0) is 30.6 Å². The summed E-state index contributed by atoms with van der Waals surface area (Å²) in [7, 11) is 0. The molecule has 12 nitrogen and oxygen atoms in total. The van der Waals surface area contributed by atoms with E-state index < -0.39 is 53.9 Å². The van der Waals surface area contributed by atoms with Crippen molar-refractivity contribution < 1.29 is 33.5 Å². The number of esters is 1. The standard InChI is InChI=1S/C22H29ClN3O9PS/c1-12(2)33-19(29)13(3)25-36(37,35-15-7-5-14(23)6-8-15)32-11-16-18(28)22(4,31)20(34-16)26-10-9-17(27)24-21(26)30/h5-10,12-13,16,18,20,28,31H,11H2,1-4H3,(H,25,37)(H,24,27,30)/t13-,16+,18+,20+,22+,36?/m0/s1. The van der Waals surface area contributed by atoms with E-state index in [9.17, 15) is 24.6 Å². The number of nitrogens with zero attached hydrogens (tertiary/aromatic N) is 1. The van der Waals surface area contributed by atoms with Gasteiger partial charge in [0.25, 0.3) is 5.56 Å². The van der Waals surface area contributed by atoms with Crippen LogP contribution in [0.2, 0.25) is 5.02 Å². The van der Waals surface area contributed by atoms with E-state index in [-0.39, 0.29) is 12.7 Å². The maximum absolute atomic E-state index is 12.4. The number of hydrogen-bond donors (Lipinski definition) is 4. The summed E-state index contributed by atoms with van der Waals surface area (Å²) < 4.78 is 23.7. The Balaban J connectivity index is 1.81. The highest BCUT2D eigenvalue weighted by Crippen LogP contribution is 2.47. The van der Waals surface area contributed by atoms with Gasteiger partial charge < -0.3 is 28.7 Å². The molecule has 1 unspecified atom stereocenters. The van der Waals surface area contributed by atoms with Crippen LogP contribution in [0.3, 0.4) is 0 Å². The summed E-state index contributed by atoms with van der Waals surface area (Å²) in [5.74, 6) is -0.271. The summed E-state index contributed by atoms with van der Waals surface area (Å²) in [6, 6.07) is 6.47. The highest BCUT2D eigenvalue weighted by atomic mass is 35.5. The molecule has 0 saturated carbocycles. The Hall–Kier alpha value is -2.09. The smallest absolute Gasteiger partial charge is 0.330 e. The quantitative estimate of drug-likeness (QED) is 0.239. The van der Waals surface area contributed by atoms with Crippen molar-refractivity contribution in [1.82, 2.24) is 14.6 Å². The number of carbonyl (C=O) groups is 1. The third-order valence-electron chi connectivity index (χ3n) is 5.36. The van der Waals surface area contributed by atoms with Crippen molar-refractivity contribution in [3.8, 4) is 5.75 Å². The number of aliphatic hydroxyl groups is 2. The Morgan fingerprint density at radius 2 is 1.95 bits per heavy atom. The Bertz CT molecular complexity index is 1270. The zero-order chi connectivity index (χ0) is 27.5. The third-order valence-corrected chi connectivity index (χ3v) is 8.12. The van der Waals surface area contributed by atoms with Crippen molar-refractivity contribution in [3.05, 3.63) is 62.4 Å². The summed E-state index contributed by atoms with van der Waals surface area (Å²) in [6.07, 6.45) is -3.23. The average molecular weight is 578 g/mol. The number of benzene rings is 1. The third kappa shape index (κ3) is 7.27. The van der Waals surface area contributed by atoms with Crippen molar-refractivity contribution in [2.24, 2.45) is 0 Å². The summed E-state index contributed by atoms with van der Waals surface area (Å²) in [6.45, 7) is 2.35. The lowest BCUT2D eigenvalue weighted by atomic mass is 9.96. The second-order valence-corrected chi connectivity index (χ2v) is 12.5. The minimum atomic E-state index is -3.49. The van der Waals surface area contributed by atoms with Crippen LogP contribution in [0.5, 0.6) is 5.75 Å². The van der Waals surface area contributed by atoms with Gasteiger partial charge in [-0.3, -0.25) is 19.1 Å². The fourth-order valence-corrected chi connectivity index (χ4v) is 6.05. The highest BCUT2D eigenvalue weighted by Gasteiger charge is 2.53. The lowest BCUT2D eigenvalue weighted by Crippen LogP contribution is -2.47. The van der Waals surface area contributed by atoms with Crippen molar-refractivity contribution >= 4 is 36.0 Å². The lowest BCUT2D eigenvalue weighted by Gasteiger charge is -2.28. The van der Waals surface area contributed by atoms with Gasteiger partial charge in [-0.15, -0.1) is 0 Å². The van der Waals surface area contributed by atoms with Crippen LogP contribution >= 0.6 is 18.2 Å². The zero-order valence-electron chi connectivity index (χ0n) is 20.5. The average Bonchev–Trinajstić information content (AvgIpc) is 3.02. The summed E-state index contributed by atoms with van der Waals surface area (Å²) >= 11 is 11.6. The SMILES string of the molecule is CC(C)OC(=O)[C@H](C)NP(=S)(OC[C@H]1O[C@@H](n2ccc(=O)[nH]c2=O)[C@](C)(O)[C@@H]1O)Oc1ccc(Cl)cc1.